The summed E-state index contributed by atoms with van der Waals surface area (Å²) in [6.45, 7) is 11.7. The van der Waals surface area contributed by atoms with Crippen LogP contribution >= 0.6 is 0 Å². The van der Waals surface area contributed by atoms with E-state index >= 15 is 0 Å². The molecule has 20 heavy (non-hydrogen) atoms. The van der Waals surface area contributed by atoms with E-state index in [2.05, 4.69) is 55.1 Å². The Bertz CT molecular complexity index is 572. The molecule has 0 N–H and O–H groups in total. The fourth-order valence-electron chi connectivity index (χ4n) is 2.17. The maximum atomic E-state index is 4.41. The molecule has 0 radical (unpaired) electrons. The van der Waals surface area contributed by atoms with Gasteiger partial charge in [-0.25, -0.2) is 4.68 Å². The Kier molecular flexibility index (Phi) is 3.67. The third-order valence-electron chi connectivity index (χ3n) is 3.63. The van der Waals surface area contributed by atoms with Crippen molar-refractivity contribution in [3.8, 4) is 0 Å². The van der Waals surface area contributed by atoms with E-state index in [1.165, 1.54) is 0 Å². The Balaban J connectivity index is 2.11. The van der Waals surface area contributed by atoms with Crippen LogP contribution in [-0.2, 0) is 24.4 Å². The van der Waals surface area contributed by atoms with Crippen molar-refractivity contribution in [3.63, 3.8) is 0 Å². The molecule has 0 aromatic carbocycles. The molecule has 0 bridgehead atoms. The molecule has 2 aromatic rings. The first-order chi connectivity index (χ1) is 9.20. The quantitative estimate of drug-likeness (QED) is 0.857. The third kappa shape index (κ3) is 3.05. The predicted octanol–water partition coefficient (Wildman–Crippen LogP) is 2.07. The molecule has 0 spiro atoms. The van der Waals surface area contributed by atoms with E-state index in [9.17, 15) is 0 Å². The summed E-state index contributed by atoms with van der Waals surface area (Å²) in [6.07, 6.45) is 4.64. The van der Waals surface area contributed by atoms with Gasteiger partial charge in [0.25, 0.3) is 0 Å². The molecule has 0 saturated carbocycles. The van der Waals surface area contributed by atoms with Crippen LogP contribution < -0.4 is 0 Å². The maximum absolute atomic E-state index is 4.41. The highest BCUT2D eigenvalue weighted by atomic mass is 15.5. The average Bonchev–Trinajstić information content (AvgIpc) is 2.93. The van der Waals surface area contributed by atoms with Gasteiger partial charge in [-0.05, 0) is 6.42 Å². The zero-order valence-electron chi connectivity index (χ0n) is 13.3. The van der Waals surface area contributed by atoms with Gasteiger partial charge in [-0.1, -0.05) is 39.8 Å². The summed E-state index contributed by atoms with van der Waals surface area (Å²) in [5, 5.41) is 16.8. The predicted molar refractivity (Wildman–Crippen MR) is 77.4 cm³/mol. The fourth-order valence-corrected chi connectivity index (χ4v) is 2.17. The molecule has 0 amide bonds. The second kappa shape index (κ2) is 5.00. The van der Waals surface area contributed by atoms with Crippen LogP contribution in [-0.4, -0.2) is 30.0 Å². The van der Waals surface area contributed by atoms with Crippen molar-refractivity contribution in [1.29, 1.82) is 0 Å². The summed E-state index contributed by atoms with van der Waals surface area (Å²) in [5.74, 6) is 0. The van der Waals surface area contributed by atoms with E-state index in [0.717, 1.165) is 24.4 Å². The van der Waals surface area contributed by atoms with Gasteiger partial charge in [-0.15, -0.1) is 5.10 Å². The number of rotatable bonds is 4. The first kappa shape index (κ1) is 14.7. The standard InChI is InChI=1S/C14H24N6/c1-13(2,3)12-10-15-18-20(12)8-7-14(4,5)11-9-16-19(6)17-11/h9-10H,7-8H2,1-6H3. The molecule has 0 aliphatic heterocycles. The minimum absolute atomic E-state index is 0.0324. The molecule has 110 valence electrons. The lowest BCUT2D eigenvalue weighted by Gasteiger charge is -2.24. The first-order valence-electron chi connectivity index (χ1n) is 6.96. The summed E-state index contributed by atoms with van der Waals surface area (Å²) >= 11 is 0. The molecule has 0 fully saturated rings. The van der Waals surface area contributed by atoms with Crippen molar-refractivity contribution in [1.82, 2.24) is 30.0 Å². The van der Waals surface area contributed by atoms with Crippen LogP contribution in [0.5, 0.6) is 0 Å². The van der Waals surface area contributed by atoms with E-state index < -0.39 is 0 Å². The molecule has 2 rings (SSSR count). The van der Waals surface area contributed by atoms with Gasteiger partial charge in [0.2, 0.25) is 0 Å². The fraction of sp³-hybridized carbons (Fsp3) is 0.714. The maximum Gasteiger partial charge on any atom is 0.0883 e. The lowest BCUT2D eigenvalue weighted by Crippen LogP contribution is -2.24. The highest BCUT2D eigenvalue weighted by Crippen LogP contribution is 2.27. The average molecular weight is 276 g/mol. The number of nitrogens with zero attached hydrogens (tertiary/aromatic N) is 6. The van der Waals surface area contributed by atoms with E-state index in [0.29, 0.717) is 0 Å². The van der Waals surface area contributed by atoms with Gasteiger partial charge in [0.15, 0.2) is 0 Å². The monoisotopic (exact) mass is 276 g/mol. The zero-order valence-corrected chi connectivity index (χ0v) is 13.3. The van der Waals surface area contributed by atoms with Crippen molar-refractivity contribution in [2.45, 2.75) is 58.4 Å². The van der Waals surface area contributed by atoms with E-state index in [1.807, 2.05) is 24.1 Å². The molecule has 2 aromatic heterocycles. The first-order valence-corrected chi connectivity index (χ1v) is 6.96. The van der Waals surface area contributed by atoms with E-state index in [-0.39, 0.29) is 10.8 Å². The van der Waals surface area contributed by atoms with Crippen LogP contribution in [0.1, 0.15) is 52.4 Å². The number of aryl methyl sites for hydroxylation is 2. The van der Waals surface area contributed by atoms with Crippen molar-refractivity contribution in [2.75, 3.05) is 0 Å². The van der Waals surface area contributed by atoms with E-state index in [4.69, 9.17) is 0 Å². The summed E-state index contributed by atoms with van der Waals surface area (Å²) < 4.78 is 2.00. The second-order valence-corrected chi connectivity index (χ2v) is 6.95. The van der Waals surface area contributed by atoms with Crippen LogP contribution in [0.2, 0.25) is 0 Å². The van der Waals surface area contributed by atoms with Crippen molar-refractivity contribution >= 4 is 0 Å². The molecule has 6 nitrogen and oxygen atoms in total. The lowest BCUT2D eigenvalue weighted by atomic mass is 9.86. The van der Waals surface area contributed by atoms with Gasteiger partial charge < -0.3 is 0 Å². The topological polar surface area (TPSA) is 61.4 Å². The van der Waals surface area contributed by atoms with Crippen molar-refractivity contribution in [2.24, 2.45) is 7.05 Å². The molecule has 0 aliphatic carbocycles. The highest BCUT2D eigenvalue weighted by molar-refractivity contribution is 5.10. The summed E-state index contributed by atoms with van der Waals surface area (Å²) in [7, 11) is 1.84. The minimum Gasteiger partial charge on any atom is -0.249 e. The van der Waals surface area contributed by atoms with Gasteiger partial charge >= 0.3 is 0 Å². The summed E-state index contributed by atoms with van der Waals surface area (Å²) in [5.41, 5.74) is 2.19. The van der Waals surface area contributed by atoms with Gasteiger partial charge in [0.1, 0.15) is 0 Å². The van der Waals surface area contributed by atoms with Crippen LogP contribution in [0.15, 0.2) is 12.4 Å². The number of hydrogen-bond acceptors (Lipinski definition) is 4. The summed E-state index contributed by atoms with van der Waals surface area (Å²) in [6, 6.07) is 0. The molecular weight excluding hydrogens is 252 g/mol. The Morgan fingerprint density at radius 3 is 2.35 bits per heavy atom. The molecule has 2 heterocycles. The third-order valence-corrected chi connectivity index (χ3v) is 3.63. The molecular formula is C14H24N6. The normalized spacial score (nSPS) is 12.9. The molecule has 6 heteroatoms. The Labute approximate surface area is 120 Å². The largest absolute Gasteiger partial charge is 0.249 e. The van der Waals surface area contributed by atoms with Crippen LogP contribution in [0, 0.1) is 0 Å². The van der Waals surface area contributed by atoms with Crippen LogP contribution in [0.25, 0.3) is 0 Å². The molecule has 0 saturated heterocycles. The number of hydrogen-bond donors (Lipinski definition) is 0. The number of aromatic nitrogens is 6. The Morgan fingerprint density at radius 1 is 1.10 bits per heavy atom. The highest BCUT2D eigenvalue weighted by Gasteiger charge is 2.26. The lowest BCUT2D eigenvalue weighted by molar-refractivity contribution is 0.384. The van der Waals surface area contributed by atoms with Crippen LogP contribution in [0.4, 0.5) is 0 Å². The molecule has 0 unspecified atom stereocenters. The van der Waals surface area contributed by atoms with Gasteiger partial charge in [0.05, 0.1) is 23.8 Å². The van der Waals surface area contributed by atoms with E-state index in [1.54, 1.807) is 4.80 Å². The summed E-state index contributed by atoms with van der Waals surface area (Å²) in [4.78, 5) is 1.60. The van der Waals surface area contributed by atoms with Gasteiger partial charge in [0, 0.05) is 24.4 Å². The smallest absolute Gasteiger partial charge is 0.0883 e. The van der Waals surface area contributed by atoms with Crippen LogP contribution in [0.3, 0.4) is 0 Å². The van der Waals surface area contributed by atoms with Crippen molar-refractivity contribution in [3.05, 3.63) is 23.8 Å². The van der Waals surface area contributed by atoms with Gasteiger partial charge in [-0.3, -0.25) is 0 Å². The SMILES string of the molecule is Cn1ncc(C(C)(C)CCn2nncc2C(C)(C)C)n1. The molecule has 0 aliphatic rings. The Morgan fingerprint density at radius 2 is 1.80 bits per heavy atom. The van der Waals surface area contributed by atoms with Gasteiger partial charge in [-0.2, -0.15) is 15.0 Å². The Hall–Kier alpha value is -1.72. The minimum atomic E-state index is -0.0324. The molecule has 0 atom stereocenters. The second-order valence-electron chi connectivity index (χ2n) is 6.95. The van der Waals surface area contributed by atoms with Crippen molar-refractivity contribution < 1.29 is 0 Å². The zero-order chi connectivity index (χ0) is 15.0.